The molecule has 2 N–H and O–H groups in total. The number of primary amides is 1. The molecule has 0 aromatic rings. The first-order chi connectivity index (χ1) is 7.74. The second-order valence-electron chi connectivity index (χ2n) is 5.95. The molecule has 0 aromatic heterocycles. The summed E-state index contributed by atoms with van der Waals surface area (Å²) in [6.45, 7) is 2.20. The van der Waals surface area contributed by atoms with Crippen LogP contribution in [0.3, 0.4) is 0 Å². The summed E-state index contributed by atoms with van der Waals surface area (Å²) in [6.07, 6.45) is 7.79. The van der Waals surface area contributed by atoms with Crippen molar-refractivity contribution in [3.8, 4) is 0 Å². The summed E-state index contributed by atoms with van der Waals surface area (Å²) in [5.41, 5.74) is 5.37. The summed E-state index contributed by atoms with van der Waals surface area (Å²) < 4.78 is 0. The SMILES string of the molecule is NC(=O)C1CCN([C@H]2C[C@H]3CC[C@H]2C3)CC1. The lowest BCUT2D eigenvalue weighted by Crippen LogP contribution is -2.45. The molecule has 2 aliphatic carbocycles. The molecule has 3 fully saturated rings. The lowest BCUT2D eigenvalue weighted by atomic mass is 9.90. The van der Waals surface area contributed by atoms with Gasteiger partial charge in [-0.25, -0.2) is 0 Å². The van der Waals surface area contributed by atoms with Gasteiger partial charge < -0.3 is 10.6 Å². The van der Waals surface area contributed by atoms with Crippen LogP contribution in [0.5, 0.6) is 0 Å². The number of carbonyl (C=O) groups is 1. The Hall–Kier alpha value is -0.570. The molecule has 0 spiro atoms. The molecule has 90 valence electrons. The van der Waals surface area contributed by atoms with Crippen LogP contribution in [-0.2, 0) is 4.79 Å². The maximum absolute atomic E-state index is 11.1. The maximum atomic E-state index is 11.1. The Morgan fingerprint density at radius 1 is 1.06 bits per heavy atom. The first-order valence-corrected chi connectivity index (χ1v) is 6.77. The van der Waals surface area contributed by atoms with Gasteiger partial charge in [0.05, 0.1) is 0 Å². The van der Waals surface area contributed by atoms with Gasteiger partial charge in [0, 0.05) is 12.0 Å². The van der Waals surface area contributed by atoms with Crippen molar-refractivity contribution in [1.29, 1.82) is 0 Å². The predicted octanol–water partition coefficient (Wildman–Crippen LogP) is 1.37. The Balaban J connectivity index is 1.56. The van der Waals surface area contributed by atoms with Crippen molar-refractivity contribution in [3.63, 3.8) is 0 Å². The number of fused-ring (bicyclic) bond motifs is 2. The van der Waals surface area contributed by atoms with Crippen LogP contribution in [-0.4, -0.2) is 29.9 Å². The average molecular weight is 222 g/mol. The number of amides is 1. The normalized spacial score (nSPS) is 40.4. The third-order valence-corrected chi connectivity index (χ3v) is 5.10. The number of hydrogen-bond acceptors (Lipinski definition) is 2. The summed E-state index contributed by atoms with van der Waals surface area (Å²) >= 11 is 0. The fourth-order valence-corrected chi connectivity index (χ4v) is 4.17. The molecule has 16 heavy (non-hydrogen) atoms. The minimum absolute atomic E-state index is 0.0902. The highest BCUT2D eigenvalue weighted by Gasteiger charge is 2.43. The van der Waals surface area contributed by atoms with E-state index < -0.39 is 0 Å². The smallest absolute Gasteiger partial charge is 0.220 e. The Kier molecular flexibility index (Phi) is 2.66. The van der Waals surface area contributed by atoms with Crippen molar-refractivity contribution >= 4 is 5.91 Å². The van der Waals surface area contributed by atoms with Crippen molar-refractivity contribution in [2.75, 3.05) is 13.1 Å². The van der Waals surface area contributed by atoms with Crippen LogP contribution in [0.2, 0.25) is 0 Å². The second-order valence-corrected chi connectivity index (χ2v) is 5.95. The molecule has 2 bridgehead atoms. The van der Waals surface area contributed by atoms with Crippen LogP contribution in [0, 0.1) is 17.8 Å². The van der Waals surface area contributed by atoms with E-state index in [1.54, 1.807) is 0 Å². The monoisotopic (exact) mass is 222 g/mol. The summed E-state index contributed by atoms with van der Waals surface area (Å²) in [4.78, 5) is 13.8. The molecule has 0 radical (unpaired) electrons. The Labute approximate surface area is 97.4 Å². The van der Waals surface area contributed by atoms with Gasteiger partial charge >= 0.3 is 0 Å². The van der Waals surface area contributed by atoms with E-state index in [4.69, 9.17) is 5.73 Å². The van der Waals surface area contributed by atoms with Crippen LogP contribution in [0.4, 0.5) is 0 Å². The molecule has 3 atom stereocenters. The van der Waals surface area contributed by atoms with Crippen molar-refractivity contribution in [3.05, 3.63) is 0 Å². The van der Waals surface area contributed by atoms with Crippen LogP contribution in [0.15, 0.2) is 0 Å². The van der Waals surface area contributed by atoms with E-state index in [1.165, 1.54) is 25.7 Å². The zero-order chi connectivity index (χ0) is 11.1. The number of nitrogens with zero attached hydrogens (tertiary/aromatic N) is 1. The van der Waals surface area contributed by atoms with Crippen LogP contribution >= 0.6 is 0 Å². The Bertz CT molecular complexity index is 284. The van der Waals surface area contributed by atoms with Crippen LogP contribution in [0.1, 0.15) is 38.5 Å². The number of piperidine rings is 1. The number of rotatable bonds is 2. The second kappa shape index (κ2) is 4.02. The first kappa shape index (κ1) is 10.6. The van der Waals surface area contributed by atoms with Gasteiger partial charge in [-0.2, -0.15) is 0 Å². The molecule has 1 saturated heterocycles. The van der Waals surface area contributed by atoms with E-state index in [1.807, 2.05) is 0 Å². The Morgan fingerprint density at radius 3 is 2.31 bits per heavy atom. The average Bonchev–Trinajstić information content (AvgIpc) is 2.91. The number of nitrogens with two attached hydrogens (primary N) is 1. The largest absolute Gasteiger partial charge is 0.369 e. The number of hydrogen-bond donors (Lipinski definition) is 1. The maximum Gasteiger partial charge on any atom is 0.220 e. The van der Waals surface area contributed by atoms with Crippen LogP contribution in [0.25, 0.3) is 0 Å². The lowest BCUT2D eigenvalue weighted by Gasteiger charge is -2.38. The van der Waals surface area contributed by atoms with E-state index in [2.05, 4.69) is 4.90 Å². The van der Waals surface area contributed by atoms with E-state index in [-0.39, 0.29) is 11.8 Å². The zero-order valence-corrected chi connectivity index (χ0v) is 9.90. The molecule has 3 aliphatic rings. The van der Waals surface area contributed by atoms with Gasteiger partial charge in [0.15, 0.2) is 0 Å². The molecule has 3 heteroatoms. The van der Waals surface area contributed by atoms with E-state index in [0.717, 1.165) is 43.8 Å². The number of carbonyl (C=O) groups excluding carboxylic acids is 1. The minimum Gasteiger partial charge on any atom is -0.369 e. The molecular weight excluding hydrogens is 200 g/mol. The van der Waals surface area contributed by atoms with Gasteiger partial charge in [-0.05, 0) is 57.0 Å². The minimum atomic E-state index is -0.0902. The molecule has 0 unspecified atom stereocenters. The highest BCUT2D eigenvalue weighted by atomic mass is 16.1. The third-order valence-electron chi connectivity index (χ3n) is 5.10. The van der Waals surface area contributed by atoms with Crippen molar-refractivity contribution < 1.29 is 4.79 Å². The topological polar surface area (TPSA) is 46.3 Å². The highest BCUT2D eigenvalue weighted by molar-refractivity contribution is 5.76. The lowest BCUT2D eigenvalue weighted by molar-refractivity contribution is -0.123. The van der Waals surface area contributed by atoms with Gasteiger partial charge in [0.1, 0.15) is 0 Å². The van der Waals surface area contributed by atoms with Gasteiger partial charge in [-0.1, -0.05) is 6.42 Å². The van der Waals surface area contributed by atoms with Gasteiger partial charge in [0.25, 0.3) is 0 Å². The first-order valence-electron chi connectivity index (χ1n) is 6.77. The van der Waals surface area contributed by atoms with Crippen molar-refractivity contribution in [2.45, 2.75) is 44.6 Å². The molecule has 1 heterocycles. The molecule has 1 aliphatic heterocycles. The fourth-order valence-electron chi connectivity index (χ4n) is 4.17. The molecule has 3 nitrogen and oxygen atoms in total. The van der Waals surface area contributed by atoms with Gasteiger partial charge in [-0.3, -0.25) is 4.79 Å². The zero-order valence-electron chi connectivity index (χ0n) is 9.90. The molecule has 1 amide bonds. The highest BCUT2D eigenvalue weighted by Crippen LogP contribution is 2.47. The summed E-state index contributed by atoms with van der Waals surface area (Å²) in [5.74, 6) is 2.04. The van der Waals surface area contributed by atoms with Gasteiger partial charge in [-0.15, -0.1) is 0 Å². The number of likely N-dealkylation sites (tertiary alicyclic amines) is 1. The summed E-state index contributed by atoms with van der Waals surface area (Å²) in [5, 5.41) is 0. The van der Waals surface area contributed by atoms with E-state index in [0.29, 0.717) is 0 Å². The fraction of sp³-hybridized carbons (Fsp3) is 0.923. The van der Waals surface area contributed by atoms with Crippen LogP contribution < -0.4 is 5.73 Å². The predicted molar refractivity (Wildman–Crippen MR) is 62.7 cm³/mol. The molecular formula is C13H22N2O. The van der Waals surface area contributed by atoms with Crippen molar-refractivity contribution in [1.82, 2.24) is 4.90 Å². The summed E-state index contributed by atoms with van der Waals surface area (Å²) in [6, 6.07) is 0.840. The molecule has 0 aromatic carbocycles. The van der Waals surface area contributed by atoms with Crippen molar-refractivity contribution in [2.24, 2.45) is 23.5 Å². The molecule has 2 saturated carbocycles. The van der Waals surface area contributed by atoms with E-state index >= 15 is 0 Å². The quantitative estimate of drug-likeness (QED) is 0.767. The van der Waals surface area contributed by atoms with Gasteiger partial charge in [0.2, 0.25) is 5.91 Å². The molecule has 3 rings (SSSR count). The third kappa shape index (κ3) is 1.75. The Morgan fingerprint density at radius 2 is 1.81 bits per heavy atom. The van der Waals surface area contributed by atoms with E-state index in [9.17, 15) is 4.79 Å². The standard InChI is InChI=1S/C13H22N2O/c14-13(16)10-3-5-15(6-4-10)12-8-9-1-2-11(12)7-9/h9-12H,1-8H2,(H2,14,16)/t9-,11-,12-/m0/s1. The summed E-state index contributed by atoms with van der Waals surface area (Å²) in [7, 11) is 0.